The van der Waals surface area contributed by atoms with E-state index in [0.29, 0.717) is 5.92 Å². The third-order valence-electron chi connectivity index (χ3n) is 4.50. The Balaban J connectivity index is 1.82. The number of hydrogen-bond acceptors (Lipinski definition) is 2. The summed E-state index contributed by atoms with van der Waals surface area (Å²) in [6.07, 6.45) is 0. The van der Waals surface area contributed by atoms with Gasteiger partial charge in [-0.3, -0.25) is 4.90 Å². The summed E-state index contributed by atoms with van der Waals surface area (Å²) in [4.78, 5) is 2.49. The average molecular weight is 277 g/mol. The Morgan fingerprint density at radius 3 is 2.76 bits per heavy atom. The van der Waals surface area contributed by atoms with Crippen molar-refractivity contribution in [1.82, 2.24) is 4.90 Å². The van der Waals surface area contributed by atoms with Crippen molar-refractivity contribution in [3.63, 3.8) is 0 Å². The van der Waals surface area contributed by atoms with Crippen LogP contribution < -0.4 is 0 Å². The van der Waals surface area contributed by atoms with Crippen molar-refractivity contribution in [2.24, 2.45) is 0 Å². The summed E-state index contributed by atoms with van der Waals surface area (Å²) in [5.74, 6) is 1.42. The Morgan fingerprint density at radius 1 is 1.10 bits per heavy atom. The highest BCUT2D eigenvalue weighted by Crippen LogP contribution is 2.35. The maximum absolute atomic E-state index is 6.13. The van der Waals surface area contributed by atoms with Gasteiger partial charge in [-0.15, -0.1) is 0 Å². The van der Waals surface area contributed by atoms with E-state index in [9.17, 15) is 0 Å². The van der Waals surface area contributed by atoms with Crippen LogP contribution >= 0.6 is 0 Å². The lowest BCUT2D eigenvalue weighted by atomic mass is 9.88. The number of nitrogens with zero attached hydrogens (tertiary/aromatic N) is 1. The first-order chi connectivity index (χ1) is 10.3. The van der Waals surface area contributed by atoms with E-state index < -0.39 is 0 Å². The third kappa shape index (κ3) is 2.16. The molecule has 1 aromatic heterocycles. The summed E-state index contributed by atoms with van der Waals surface area (Å²) in [5.41, 5.74) is 3.83. The van der Waals surface area contributed by atoms with Gasteiger partial charge in [0.2, 0.25) is 0 Å². The van der Waals surface area contributed by atoms with Gasteiger partial charge in [0.15, 0.2) is 0 Å². The molecule has 1 aliphatic heterocycles. The molecular weight excluding hydrogens is 258 g/mol. The number of para-hydroxylation sites is 1. The van der Waals surface area contributed by atoms with Crippen molar-refractivity contribution in [3.05, 3.63) is 71.5 Å². The second-order valence-corrected chi connectivity index (χ2v) is 5.77. The quantitative estimate of drug-likeness (QED) is 0.690. The molecule has 0 fully saturated rings. The van der Waals surface area contributed by atoms with Crippen LogP contribution in [0.2, 0.25) is 0 Å². The van der Waals surface area contributed by atoms with Crippen LogP contribution in [0.3, 0.4) is 0 Å². The van der Waals surface area contributed by atoms with Gasteiger partial charge in [-0.2, -0.15) is 0 Å². The second kappa shape index (κ2) is 5.05. The number of likely N-dealkylation sites (N-methyl/N-ethyl adjacent to an activating group) is 1. The Morgan fingerprint density at radius 2 is 1.90 bits per heavy atom. The molecule has 2 nitrogen and oxygen atoms in total. The summed E-state index contributed by atoms with van der Waals surface area (Å²) in [6, 6.07) is 19.2. The van der Waals surface area contributed by atoms with Crippen LogP contribution in [0.4, 0.5) is 0 Å². The smallest absolute Gasteiger partial charge is 0.134 e. The number of hydrogen-bond donors (Lipinski definition) is 0. The predicted octanol–water partition coefficient (Wildman–Crippen LogP) is 4.40. The van der Waals surface area contributed by atoms with E-state index in [-0.39, 0.29) is 0 Å². The first-order valence-corrected chi connectivity index (χ1v) is 7.64. The Bertz CT molecular complexity index is 741. The van der Waals surface area contributed by atoms with Crippen LogP contribution in [0.25, 0.3) is 11.0 Å². The molecule has 3 aromatic rings. The van der Waals surface area contributed by atoms with Crippen molar-refractivity contribution < 1.29 is 4.42 Å². The van der Waals surface area contributed by atoms with Gasteiger partial charge in [-0.25, -0.2) is 0 Å². The molecule has 1 atom stereocenters. The molecule has 0 amide bonds. The van der Waals surface area contributed by atoms with Gasteiger partial charge in [0.05, 0.1) is 5.92 Å². The SMILES string of the molecule is CCN1Cc2ccccc2C(c2cc3ccccc3o2)C1. The fourth-order valence-electron chi connectivity index (χ4n) is 3.34. The highest BCUT2D eigenvalue weighted by molar-refractivity contribution is 5.78. The average Bonchev–Trinajstić information content (AvgIpc) is 2.97. The second-order valence-electron chi connectivity index (χ2n) is 5.77. The van der Waals surface area contributed by atoms with E-state index in [0.717, 1.165) is 31.0 Å². The summed E-state index contributed by atoms with van der Waals surface area (Å²) in [5, 5.41) is 1.19. The molecule has 0 radical (unpaired) electrons. The van der Waals surface area contributed by atoms with Crippen LogP contribution in [-0.2, 0) is 6.54 Å². The molecule has 1 aliphatic rings. The van der Waals surface area contributed by atoms with E-state index in [2.05, 4.69) is 54.3 Å². The molecule has 4 rings (SSSR count). The first-order valence-electron chi connectivity index (χ1n) is 7.64. The minimum Gasteiger partial charge on any atom is -0.460 e. The van der Waals surface area contributed by atoms with E-state index in [1.807, 2.05) is 12.1 Å². The van der Waals surface area contributed by atoms with Crippen molar-refractivity contribution >= 4 is 11.0 Å². The molecule has 0 saturated carbocycles. The van der Waals surface area contributed by atoms with Gasteiger partial charge in [0, 0.05) is 18.5 Å². The Labute approximate surface area is 125 Å². The minimum atomic E-state index is 0.335. The highest BCUT2D eigenvalue weighted by Gasteiger charge is 2.27. The molecule has 0 bridgehead atoms. The van der Waals surface area contributed by atoms with Crippen LogP contribution in [0.5, 0.6) is 0 Å². The number of furan rings is 1. The molecule has 106 valence electrons. The molecule has 1 unspecified atom stereocenters. The van der Waals surface area contributed by atoms with E-state index in [1.54, 1.807) is 0 Å². The van der Waals surface area contributed by atoms with Crippen LogP contribution in [0.1, 0.15) is 29.7 Å². The fraction of sp³-hybridized carbons (Fsp3) is 0.263. The van der Waals surface area contributed by atoms with Crippen molar-refractivity contribution in [1.29, 1.82) is 0 Å². The topological polar surface area (TPSA) is 16.4 Å². The van der Waals surface area contributed by atoms with E-state index in [1.165, 1.54) is 16.5 Å². The lowest BCUT2D eigenvalue weighted by Crippen LogP contribution is -2.33. The zero-order valence-electron chi connectivity index (χ0n) is 12.3. The standard InChI is InChI=1S/C19H19NO/c1-2-20-12-15-8-3-5-9-16(15)17(13-20)19-11-14-7-4-6-10-18(14)21-19/h3-11,17H,2,12-13H2,1H3. The Kier molecular flexibility index (Phi) is 3.04. The molecule has 21 heavy (non-hydrogen) atoms. The highest BCUT2D eigenvalue weighted by atomic mass is 16.3. The van der Waals surface area contributed by atoms with Crippen molar-refractivity contribution in [2.75, 3.05) is 13.1 Å². The fourth-order valence-corrected chi connectivity index (χ4v) is 3.34. The molecule has 2 heterocycles. The van der Waals surface area contributed by atoms with Gasteiger partial charge in [0.25, 0.3) is 0 Å². The molecule has 2 aromatic carbocycles. The van der Waals surface area contributed by atoms with E-state index in [4.69, 9.17) is 4.42 Å². The Hall–Kier alpha value is -2.06. The molecule has 0 spiro atoms. The van der Waals surface area contributed by atoms with Crippen LogP contribution in [0.15, 0.2) is 59.0 Å². The maximum Gasteiger partial charge on any atom is 0.134 e. The predicted molar refractivity (Wildman–Crippen MR) is 85.5 cm³/mol. The zero-order chi connectivity index (χ0) is 14.2. The maximum atomic E-state index is 6.13. The molecule has 0 saturated heterocycles. The summed E-state index contributed by atoms with van der Waals surface area (Å²) in [7, 11) is 0. The molecule has 2 heteroatoms. The first kappa shape index (κ1) is 12.7. The van der Waals surface area contributed by atoms with Gasteiger partial charge >= 0.3 is 0 Å². The molecular formula is C19H19NO. The van der Waals surface area contributed by atoms with E-state index >= 15 is 0 Å². The summed E-state index contributed by atoms with van der Waals surface area (Å²) < 4.78 is 6.13. The van der Waals surface area contributed by atoms with Gasteiger partial charge in [0.1, 0.15) is 11.3 Å². The van der Waals surface area contributed by atoms with Crippen molar-refractivity contribution in [3.8, 4) is 0 Å². The third-order valence-corrected chi connectivity index (χ3v) is 4.50. The summed E-state index contributed by atoms with van der Waals surface area (Å²) in [6.45, 7) is 5.38. The lowest BCUT2D eigenvalue weighted by molar-refractivity contribution is 0.244. The van der Waals surface area contributed by atoms with Gasteiger partial charge < -0.3 is 4.42 Å². The van der Waals surface area contributed by atoms with Gasteiger partial charge in [-0.1, -0.05) is 49.4 Å². The molecule has 0 aliphatic carbocycles. The molecule has 0 N–H and O–H groups in total. The van der Waals surface area contributed by atoms with Crippen molar-refractivity contribution in [2.45, 2.75) is 19.4 Å². The normalized spacial score (nSPS) is 18.8. The largest absolute Gasteiger partial charge is 0.460 e. The summed E-state index contributed by atoms with van der Waals surface area (Å²) >= 11 is 0. The number of benzene rings is 2. The number of fused-ring (bicyclic) bond motifs is 2. The minimum absolute atomic E-state index is 0.335. The zero-order valence-corrected chi connectivity index (χ0v) is 12.3. The van der Waals surface area contributed by atoms with Crippen LogP contribution in [-0.4, -0.2) is 18.0 Å². The van der Waals surface area contributed by atoms with Crippen LogP contribution in [0, 0.1) is 0 Å². The lowest BCUT2D eigenvalue weighted by Gasteiger charge is -2.33. The monoisotopic (exact) mass is 277 g/mol. The van der Waals surface area contributed by atoms with Gasteiger partial charge in [-0.05, 0) is 29.8 Å². The number of rotatable bonds is 2.